The summed E-state index contributed by atoms with van der Waals surface area (Å²) in [6.45, 7) is 1.13. The highest BCUT2D eigenvalue weighted by molar-refractivity contribution is 5.47. The minimum Gasteiger partial charge on any atom is -0.384 e. The van der Waals surface area contributed by atoms with Crippen LogP contribution in [0.4, 0.5) is 11.6 Å². The van der Waals surface area contributed by atoms with Gasteiger partial charge < -0.3 is 10.6 Å². The zero-order chi connectivity index (χ0) is 11.0. The molecule has 1 aliphatic heterocycles. The van der Waals surface area contributed by atoms with Crippen LogP contribution in [0, 0.1) is 5.92 Å². The lowest BCUT2D eigenvalue weighted by Gasteiger charge is -2.32. The molecule has 2 N–H and O–H groups in total. The molecule has 4 nitrogen and oxygen atoms in total. The van der Waals surface area contributed by atoms with E-state index in [0.717, 1.165) is 18.3 Å². The van der Waals surface area contributed by atoms with E-state index in [2.05, 4.69) is 14.9 Å². The van der Waals surface area contributed by atoms with E-state index < -0.39 is 0 Å². The first-order chi connectivity index (χ1) is 7.84. The SMILES string of the molecule is Nc1cc(N2CCC3CCCCC32)ncn1. The number of nitrogens with two attached hydrogens (primary N) is 1. The molecule has 2 unspecified atom stereocenters. The quantitative estimate of drug-likeness (QED) is 0.781. The van der Waals surface area contributed by atoms with Crippen molar-refractivity contribution in [3.8, 4) is 0 Å². The molecule has 1 aromatic heterocycles. The van der Waals surface area contributed by atoms with Crippen molar-refractivity contribution in [2.24, 2.45) is 5.92 Å². The molecule has 2 heterocycles. The maximum absolute atomic E-state index is 5.72. The van der Waals surface area contributed by atoms with Crippen LogP contribution in [0.5, 0.6) is 0 Å². The molecule has 2 fully saturated rings. The summed E-state index contributed by atoms with van der Waals surface area (Å²) in [6, 6.07) is 2.60. The van der Waals surface area contributed by atoms with Crippen molar-refractivity contribution in [2.45, 2.75) is 38.1 Å². The minimum absolute atomic E-state index is 0.573. The van der Waals surface area contributed by atoms with Gasteiger partial charge in [-0.15, -0.1) is 0 Å². The number of hydrogen-bond donors (Lipinski definition) is 1. The van der Waals surface area contributed by atoms with E-state index in [-0.39, 0.29) is 0 Å². The lowest BCUT2D eigenvalue weighted by atomic mass is 9.85. The van der Waals surface area contributed by atoms with Gasteiger partial charge in [0.1, 0.15) is 18.0 Å². The van der Waals surface area contributed by atoms with Crippen LogP contribution in [-0.4, -0.2) is 22.6 Å². The van der Waals surface area contributed by atoms with E-state index >= 15 is 0 Å². The van der Waals surface area contributed by atoms with E-state index in [1.807, 2.05) is 6.07 Å². The van der Waals surface area contributed by atoms with Crippen molar-refractivity contribution in [2.75, 3.05) is 17.2 Å². The topological polar surface area (TPSA) is 55.0 Å². The number of hydrogen-bond acceptors (Lipinski definition) is 4. The molecular weight excluding hydrogens is 200 g/mol. The molecule has 0 amide bonds. The Balaban J connectivity index is 1.85. The Kier molecular flexibility index (Phi) is 2.42. The van der Waals surface area contributed by atoms with E-state index in [9.17, 15) is 0 Å². The molecule has 1 saturated heterocycles. The summed E-state index contributed by atoms with van der Waals surface area (Å²) >= 11 is 0. The molecule has 0 radical (unpaired) electrons. The van der Waals surface area contributed by atoms with Crippen LogP contribution in [0.15, 0.2) is 12.4 Å². The zero-order valence-electron chi connectivity index (χ0n) is 9.47. The summed E-state index contributed by atoms with van der Waals surface area (Å²) in [7, 11) is 0. The molecule has 1 aromatic rings. The molecule has 4 heteroatoms. The highest BCUT2D eigenvalue weighted by Gasteiger charge is 2.36. The molecule has 1 aliphatic carbocycles. The van der Waals surface area contributed by atoms with Crippen LogP contribution in [0.3, 0.4) is 0 Å². The third-order valence-corrected chi connectivity index (χ3v) is 3.98. The minimum atomic E-state index is 0.573. The fourth-order valence-electron chi connectivity index (χ4n) is 3.21. The van der Waals surface area contributed by atoms with Gasteiger partial charge in [-0.05, 0) is 25.2 Å². The summed E-state index contributed by atoms with van der Waals surface area (Å²) in [5.41, 5.74) is 5.72. The van der Waals surface area contributed by atoms with Crippen LogP contribution in [-0.2, 0) is 0 Å². The average molecular weight is 218 g/mol. The summed E-state index contributed by atoms with van der Waals surface area (Å²) < 4.78 is 0. The molecule has 3 rings (SSSR count). The van der Waals surface area contributed by atoms with Gasteiger partial charge in [0, 0.05) is 18.7 Å². The summed E-state index contributed by atoms with van der Waals surface area (Å²) in [4.78, 5) is 10.7. The van der Waals surface area contributed by atoms with Gasteiger partial charge in [0.25, 0.3) is 0 Å². The first-order valence-corrected chi connectivity index (χ1v) is 6.19. The fraction of sp³-hybridized carbons (Fsp3) is 0.667. The first-order valence-electron chi connectivity index (χ1n) is 6.19. The van der Waals surface area contributed by atoms with Crippen molar-refractivity contribution in [3.05, 3.63) is 12.4 Å². The average Bonchev–Trinajstić information content (AvgIpc) is 2.72. The molecule has 0 bridgehead atoms. The van der Waals surface area contributed by atoms with Crippen molar-refractivity contribution >= 4 is 11.6 Å². The van der Waals surface area contributed by atoms with Crippen molar-refractivity contribution < 1.29 is 0 Å². The number of rotatable bonds is 1. The Morgan fingerprint density at radius 1 is 1.19 bits per heavy atom. The van der Waals surface area contributed by atoms with Crippen LogP contribution in [0.2, 0.25) is 0 Å². The maximum Gasteiger partial charge on any atom is 0.134 e. The molecule has 0 aromatic carbocycles. The van der Waals surface area contributed by atoms with Crippen LogP contribution in [0.25, 0.3) is 0 Å². The van der Waals surface area contributed by atoms with Crippen molar-refractivity contribution in [3.63, 3.8) is 0 Å². The summed E-state index contributed by atoms with van der Waals surface area (Å²) in [6.07, 6.45) is 8.35. The Morgan fingerprint density at radius 2 is 2.06 bits per heavy atom. The van der Waals surface area contributed by atoms with Gasteiger partial charge in [0.2, 0.25) is 0 Å². The van der Waals surface area contributed by atoms with Gasteiger partial charge in [-0.3, -0.25) is 0 Å². The zero-order valence-corrected chi connectivity index (χ0v) is 9.47. The predicted molar refractivity (Wildman–Crippen MR) is 64.2 cm³/mol. The van der Waals surface area contributed by atoms with Crippen molar-refractivity contribution in [1.82, 2.24) is 9.97 Å². The van der Waals surface area contributed by atoms with E-state index in [4.69, 9.17) is 5.73 Å². The lowest BCUT2D eigenvalue weighted by molar-refractivity contribution is 0.341. The van der Waals surface area contributed by atoms with Crippen LogP contribution < -0.4 is 10.6 Å². The largest absolute Gasteiger partial charge is 0.384 e. The Labute approximate surface area is 95.9 Å². The Hall–Kier alpha value is -1.32. The number of nitrogens with zero attached hydrogens (tertiary/aromatic N) is 3. The number of aromatic nitrogens is 2. The van der Waals surface area contributed by atoms with Gasteiger partial charge in [-0.2, -0.15) is 0 Å². The molecule has 2 atom stereocenters. The van der Waals surface area contributed by atoms with E-state index in [0.29, 0.717) is 11.9 Å². The normalized spacial score (nSPS) is 29.1. The summed E-state index contributed by atoms with van der Waals surface area (Å²) in [5.74, 6) is 2.47. The van der Waals surface area contributed by atoms with Gasteiger partial charge in [0.15, 0.2) is 0 Å². The molecular formula is C12H18N4. The predicted octanol–water partition coefficient (Wildman–Crippen LogP) is 1.83. The standard InChI is InChI=1S/C12H18N4/c13-11-7-12(15-8-14-11)16-6-5-9-3-1-2-4-10(9)16/h7-10H,1-6H2,(H2,13,14,15). The molecule has 0 spiro atoms. The molecule has 1 saturated carbocycles. The van der Waals surface area contributed by atoms with Gasteiger partial charge in [-0.1, -0.05) is 12.8 Å². The smallest absolute Gasteiger partial charge is 0.134 e. The van der Waals surface area contributed by atoms with Crippen molar-refractivity contribution in [1.29, 1.82) is 0 Å². The van der Waals surface area contributed by atoms with Gasteiger partial charge in [0.05, 0.1) is 0 Å². The second-order valence-corrected chi connectivity index (χ2v) is 4.90. The first kappa shape index (κ1) is 9.87. The monoisotopic (exact) mass is 218 g/mol. The Bertz CT molecular complexity index is 379. The number of nitrogen functional groups attached to an aromatic ring is 1. The molecule has 86 valence electrons. The molecule has 16 heavy (non-hydrogen) atoms. The number of anilines is 2. The highest BCUT2D eigenvalue weighted by atomic mass is 15.2. The third-order valence-electron chi connectivity index (χ3n) is 3.98. The van der Waals surface area contributed by atoms with Gasteiger partial charge in [-0.25, -0.2) is 9.97 Å². The second-order valence-electron chi connectivity index (χ2n) is 4.90. The van der Waals surface area contributed by atoms with Crippen LogP contribution in [0.1, 0.15) is 32.1 Å². The molecule has 2 aliphatic rings. The Morgan fingerprint density at radius 3 is 2.94 bits per heavy atom. The fourth-order valence-corrected chi connectivity index (χ4v) is 3.21. The maximum atomic E-state index is 5.72. The second kappa shape index (κ2) is 3.92. The van der Waals surface area contributed by atoms with Crippen LogP contribution >= 0.6 is 0 Å². The lowest BCUT2D eigenvalue weighted by Crippen LogP contribution is -2.35. The summed E-state index contributed by atoms with van der Waals surface area (Å²) in [5, 5.41) is 0. The van der Waals surface area contributed by atoms with E-state index in [1.165, 1.54) is 32.1 Å². The van der Waals surface area contributed by atoms with E-state index in [1.54, 1.807) is 6.33 Å². The third kappa shape index (κ3) is 1.62. The highest BCUT2D eigenvalue weighted by Crippen LogP contribution is 2.38. The number of fused-ring (bicyclic) bond motifs is 1. The van der Waals surface area contributed by atoms with Gasteiger partial charge >= 0.3 is 0 Å².